The number of hydrogen-bond donors (Lipinski definition) is 2. The molecular weight excluding hydrogens is 446 g/mol. The van der Waals surface area contributed by atoms with Gasteiger partial charge >= 0.3 is 0 Å². The molecule has 0 saturated heterocycles. The van der Waals surface area contributed by atoms with E-state index in [1.165, 1.54) is 25.3 Å². The van der Waals surface area contributed by atoms with Crippen LogP contribution < -0.4 is 19.9 Å². The summed E-state index contributed by atoms with van der Waals surface area (Å²) in [4.78, 5) is 13.0. The zero-order valence-electron chi connectivity index (χ0n) is 20.1. The van der Waals surface area contributed by atoms with Gasteiger partial charge in [0.1, 0.15) is 12.4 Å². The molecule has 184 valence electrons. The summed E-state index contributed by atoms with van der Waals surface area (Å²) in [6.07, 6.45) is 7.97. The fourth-order valence-electron chi connectivity index (χ4n) is 3.73. The van der Waals surface area contributed by atoms with E-state index in [2.05, 4.69) is 34.5 Å². The SMILES string of the molecule is CC(C)CCCCCOc1ccc(C=CC(=O)c2cccc3c2OC(N)(c2nn[nH]n2)CO3)cc1. The molecule has 1 aliphatic rings. The predicted molar refractivity (Wildman–Crippen MR) is 131 cm³/mol. The Morgan fingerprint density at radius 3 is 2.77 bits per heavy atom. The maximum Gasteiger partial charge on any atom is 0.257 e. The van der Waals surface area contributed by atoms with Crippen LogP contribution in [0.15, 0.2) is 48.5 Å². The summed E-state index contributed by atoms with van der Waals surface area (Å²) in [6.45, 7) is 5.19. The lowest BCUT2D eigenvalue weighted by Crippen LogP contribution is -2.51. The number of nitrogens with two attached hydrogens (primary N) is 1. The largest absolute Gasteiger partial charge is 0.494 e. The number of nitrogens with zero attached hydrogens (tertiary/aromatic N) is 3. The second-order valence-electron chi connectivity index (χ2n) is 9.01. The number of carbonyl (C=O) groups excluding carboxylic acids is 1. The quantitative estimate of drug-likeness (QED) is 0.238. The number of fused-ring (bicyclic) bond motifs is 1. The number of para-hydroxylation sites is 1. The smallest absolute Gasteiger partial charge is 0.257 e. The van der Waals surface area contributed by atoms with Crippen LogP contribution in [-0.2, 0) is 5.72 Å². The van der Waals surface area contributed by atoms with Crippen LogP contribution in [0.1, 0.15) is 61.3 Å². The Morgan fingerprint density at radius 2 is 2.03 bits per heavy atom. The fourth-order valence-corrected chi connectivity index (χ4v) is 3.73. The van der Waals surface area contributed by atoms with E-state index in [4.69, 9.17) is 19.9 Å². The molecule has 3 aromatic rings. The van der Waals surface area contributed by atoms with Crippen molar-refractivity contribution in [2.75, 3.05) is 13.2 Å². The first kappa shape index (κ1) is 24.4. The van der Waals surface area contributed by atoms with Crippen LogP contribution in [-0.4, -0.2) is 39.6 Å². The van der Waals surface area contributed by atoms with Gasteiger partial charge in [-0.3, -0.25) is 10.5 Å². The molecular formula is C26H31N5O4. The molecule has 1 atom stereocenters. The molecule has 1 aromatic heterocycles. The van der Waals surface area contributed by atoms with Crippen molar-refractivity contribution in [3.63, 3.8) is 0 Å². The molecule has 0 radical (unpaired) electrons. The number of carbonyl (C=O) groups is 1. The van der Waals surface area contributed by atoms with Crippen LogP contribution in [0.4, 0.5) is 0 Å². The second kappa shape index (κ2) is 11.1. The van der Waals surface area contributed by atoms with Gasteiger partial charge in [-0.25, -0.2) is 0 Å². The zero-order valence-corrected chi connectivity index (χ0v) is 20.1. The second-order valence-corrected chi connectivity index (χ2v) is 9.01. The van der Waals surface area contributed by atoms with E-state index in [1.54, 1.807) is 24.3 Å². The van der Waals surface area contributed by atoms with Crippen LogP contribution in [0.5, 0.6) is 17.2 Å². The van der Waals surface area contributed by atoms with Crippen LogP contribution in [0.2, 0.25) is 0 Å². The first-order valence-corrected chi connectivity index (χ1v) is 11.9. The van der Waals surface area contributed by atoms with E-state index >= 15 is 0 Å². The highest BCUT2D eigenvalue weighted by Gasteiger charge is 2.41. The number of H-pyrrole nitrogens is 1. The molecule has 0 spiro atoms. The van der Waals surface area contributed by atoms with Crippen LogP contribution in [0.3, 0.4) is 0 Å². The minimum Gasteiger partial charge on any atom is -0.494 e. The zero-order chi connectivity index (χ0) is 24.7. The number of tetrazole rings is 1. The van der Waals surface area contributed by atoms with Crippen molar-refractivity contribution < 1.29 is 19.0 Å². The number of benzene rings is 2. The number of allylic oxidation sites excluding steroid dienone is 1. The van der Waals surface area contributed by atoms with Crippen molar-refractivity contribution in [1.82, 2.24) is 20.6 Å². The number of ether oxygens (including phenoxy) is 3. The monoisotopic (exact) mass is 477 g/mol. The lowest BCUT2D eigenvalue weighted by molar-refractivity contribution is -0.0154. The number of hydrogen-bond acceptors (Lipinski definition) is 8. The number of ketones is 1. The van der Waals surface area contributed by atoms with E-state index < -0.39 is 5.72 Å². The highest BCUT2D eigenvalue weighted by atomic mass is 16.6. The van der Waals surface area contributed by atoms with E-state index in [1.807, 2.05) is 24.3 Å². The Morgan fingerprint density at radius 1 is 1.20 bits per heavy atom. The first-order valence-electron chi connectivity index (χ1n) is 11.9. The predicted octanol–water partition coefficient (Wildman–Crippen LogP) is 4.27. The Kier molecular flexibility index (Phi) is 7.77. The molecule has 9 heteroatoms. The van der Waals surface area contributed by atoms with Gasteiger partial charge in [0.2, 0.25) is 5.82 Å². The van der Waals surface area contributed by atoms with E-state index in [0.29, 0.717) is 17.9 Å². The molecule has 0 fully saturated rings. The van der Waals surface area contributed by atoms with E-state index in [-0.39, 0.29) is 24.0 Å². The van der Waals surface area contributed by atoms with Crippen LogP contribution >= 0.6 is 0 Å². The number of aromatic amines is 1. The van der Waals surface area contributed by atoms with Gasteiger partial charge in [-0.2, -0.15) is 5.21 Å². The van der Waals surface area contributed by atoms with Crippen molar-refractivity contribution in [3.05, 3.63) is 65.5 Å². The minimum absolute atomic E-state index is 0.0145. The van der Waals surface area contributed by atoms with Gasteiger partial charge in [0.05, 0.1) is 12.2 Å². The summed E-state index contributed by atoms with van der Waals surface area (Å²) in [5.41, 5.74) is 6.04. The molecule has 0 aliphatic carbocycles. The summed E-state index contributed by atoms with van der Waals surface area (Å²) in [5.74, 6) is 2.14. The summed E-state index contributed by atoms with van der Waals surface area (Å²) in [5, 5.41) is 13.7. The molecule has 1 aliphatic heterocycles. The maximum absolute atomic E-state index is 13.0. The topological polar surface area (TPSA) is 125 Å². The third-order valence-electron chi connectivity index (χ3n) is 5.70. The molecule has 0 amide bonds. The summed E-state index contributed by atoms with van der Waals surface area (Å²) in [7, 11) is 0. The first-order chi connectivity index (χ1) is 16.9. The summed E-state index contributed by atoms with van der Waals surface area (Å²) < 4.78 is 17.5. The Labute approximate surface area is 204 Å². The van der Waals surface area contributed by atoms with Crippen molar-refractivity contribution in [2.24, 2.45) is 11.7 Å². The number of aromatic nitrogens is 4. The van der Waals surface area contributed by atoms with E-state index in [0.717, 1.165) is 23.7 Å². The average Bonchev–Trinajstić information content (AvgIpc) is 3.41. The summed E-state index contributed by atoms with van der Waals surface area (Å²) in [6, 6.07) is 12.8. The van der Waals surface area contributed by atoms with Crippen molar-refractivity contribution in [1.29, 1.82) is 0 Å². The molecule has 0 saturated carbocycles. The molecule has 35 heavy (non-hydrogen) atoms. The van der Waals surface area contributed by atoms with Crippen molar-refractivity contribution in [2.45, 2.75) is 45.3 Å². The van der Waals surface area contributed by atoms with Crippen LogP contribution in [0.25, 0.3) is 6.08 Å². The Hall–Kier alpha value is -3.72. The van der Waals surface area contributed by atoms with Gasteiger partial charge < -0.3 is 14.2 Å². The molecule has 1 unspecified atom stereocenters. The van der Waals surface area contributed by atoms with Gasteiger partial charge in [-0.15, -0.1) is 10.2 Å². The third-order valence-corrected chi connectivity index (χ3v) is 5.70. The normalized spacial score (nSPS) is 17.1. The average molecular weight is 478 g/mol. The highest BCUT2D eigenvalue weighted by Crippen LogP contribution is 2.39. The van der Waals surface area contributed by atoms with Gasteiger partial charge in [0.25, 0.3) is 5.72 Å². The van der Waals surface area contributed by atoms with Crippen LogP contribution in [0, 0.1) is 5.92 Å². The van der Waals surface area contributed by atoms with E-state index in [9.17, 15) is 4.79 Å². The highest BCUT2D eigenvalue weighted by molar-refractivity contribution is 6.09. The maximum atomic E-state index is 13.0. The number of rotatable bonds is 11. The van der Waals surface area contributed by atoms with Crippen molar-refractivity contribution >= 4 is 11.9 Å². The Bertz CT molecular complexity index is 1150. The fraction of sp³-hybridized carbons (Fsp3) is 0.385. The standard InChI is InChI=1S/C26H31N5O4/c1-18(2)7-4-3-5-16-33-20-13-10-19(11-14-20)12-15-22(32)21-8-6-9-23-24(21)35-26(27,17-34-23)25-28-30-31-29-25/h6,8-15,18H,3-5,7,16-17,27H2,1-2H3,(H,28,29,30,31). The minimum atomic E-state index is -1.45. The molecule has 0 bridgehead atoms. The van der Waals surface area contributed by atoms with Gasteiger partial charge in [-0.05, 0) is 53.5 Å². The molecule has 2 aromatic carbocycles. The lowest BCUT2D eigenvalue weighted by Gasteiger charge is -2.33. The molecule has 4 rings (SSSR count). The third kappa shape index (κ3) is 6.24. The number of unbranched alkanes of at least 4 members (excludes halogenated alkanes) is 2. The van der Waals surface area contributed by atoms with Gasteiger partial charge in [0.15, 0.2) is 17.3 Å². The molecule has 9 nitrogen and oxygen atoms in total. The Balaban J connectivity index is 1.36. The summed E-state index contributed by atoms with van der Waals surface area (Å²) >= 11 is 0. The van der Waals surface area contributed by atoms with Gasteiger partial charge in [-0.1, -0.05) is 57.4 Å². The van der Waals surface area contributed by atoms with Gasteiger partial charge in [0, 0.05) is 0 Å². The van der Waals surface area contributed by atoms with Crippen molar-refractivity contribution in [3.8, 4) is 17.2 Å². The molecule has 3 N–H and O–H groups in total. The lowest BCUT2D eigenvalue weighted by atomic mass is 10.1. The number of nitrogens with one attached hydrogen (secondary N) is 1. The molecule has 2 heterocycles.